The van der Waals surface area contributed by atoms with E-state index in [1.807, 2.05) is 30.3 Å². The number of rotatable bonds is 11. The van der Waals surface area contributed by atoms with Gasteiger partial charge in [-0.2, -0.15) is 0 Å². The van der Waals surface area contributed by atoms with Crippen LogP contribution in [0.3, 0.4) is 0 Å². The van der Waals surface area contributed by atoms with E-state index >= 15 is 0 Å². The summed E-state index contributed by atoms with van der Waals surface area (Å²) in [6.45, 7) is 6.46. The second kappa shape index (κ2) is 13.9. The van der Waals surface area contributed by atoms with Gasteiger partial charge in [0.1, 0.15) is 11.8 Å². The number of halogens is 2. The van der Waals surface area contributed by atoms with Gasteiger partial charge in [0.25, 0.3) is 0 Å². The summed E-state index contributed by atoms with van der Waals surface area (Å²) in [5.74, 6) is -0.174. The highest BCUT2D eigenvalue weighted by Crippen LogP contribution is 2.33. The molecule has 0 aliphatic carbocycles. The minimum atomic E-state index is -0.920. The molecule has 3 N–H and O–H groups in total. The number of carbonyl (C=O) groups is 3. The van der Waals surface area contributed by atoms with Crippen molar-refractivity contribution in [3.63, 3.8) is 0 Å². The number of primary amides is 1. The third kappa shape index (κ3) is 7.71. The fourth-order valence-electron chi connectivity index (χ4n) is 4.85. The number of nitrogens with one attached hydrogen (secondary N) is 1. The highest BCUT2D eigenvalue weighted by Gasteiger charge is 2.27. The minimum absolute atomic E-state index is 0.148. The second-order valence-electron chi connectivity index (χ2n) is 9.89. The lowest BCUT2D eigenvalue weighted by Gasteiger charge is -2.36. The van der Waals surface area contributed by atoms with Crippen molar-refractivity contribution in [3.05, 3.63) is 52.0 Å². The Labute approximate surface area is 244 Å². The maximum atomic E-state index is 12.6. The molecule has 0 spiro atoms. The number of hydrogen-bond donors (Lipinski definition) is 2. The van der Waals surface area contributed by atoms with E-state index in [2.05, 4.69) is 15.1 Å². The zero-order valence-corrected chi connectivity index (χ0v) is 24.0. The van der Waals surface area contributed by atoms with Crippen LogP contribution in [-0.4, -0.2) is 74.9 Å². The lowest BCUT2D eigenvalue weighted by atomic mass is 10.0. The lowest BCUT2D eigenvalue weighted by molar-refractivity contribution is -0.145. The van der Waals surface area contributed by atoms with Crippen molar-refractivity contribution in [2.75, 3.05) is 55.9 Å². The molecule has 2 aliphatic heterocycles. The smallest absolute Gasteiger partial charge is 0.330 e. The highest BCUT2D eigenvalue weighted by molar-refractivity contribution is 6.43. The van der Waals surface area contributed by atoms with Gasteiger partial charge in [-0.15, -0.1) is 0 Å². The zero-order valence-electron chi connectivity index (χ0n) is 22.5. The Kier molecular flexibility index (Phi) is 10.4. The Morgan fingerprint density at radius 2 is 1.82 bits per heavy atom. The molecule has 0 saturated carbocycles. The van der Waals surface area contributed by atoms with Crippen LogP contribution in [0.4, 0.5) is 16.2 Å². The van der Waals surface area contributed by atoms with Gasteiger partial charge in [0.2, 0.25) is 5.91 Å². The molecule has 2 aromatic carbocycles. The average molecular weight is 593 g/mol. The third-order valence-electron chi connectivity index (χ3n) is 7.09. The summed E-state index contributed by atoms with van der Waals surface area (Å²) in [7, 11) is 0. The van der Waals surface area contributed by atoms with Crippen molar-refractivity contribution in [1.29, 1.82) is 0 Å². The van der Waals surface area contributed by atoms with Gasteiger partial charge in [-0.25, -0.2) is 9.59 Å². The molecule has 40 heavy (non-hydrogen) atoms. The molecule has 216 valence electrons. The summed E-state index contributed by atoms with van der Waals surface area (Å²) in [6.07, 6.45) is 2.82. The summed E-state index contributed by atoms with van der Waals surface area (Å²) in [6, 6.07) is 9.64. The van der Waals surface area contributed by atoms with E-state index in [1.54, 1.807) is 6.07 Å². The first-order chi connectivity index (χ1) is 19.2. The van der Waals surface area contributed by atoms with E-state index < -0.39 is 18.0 Å². The Hall–Kier alpha value is -3.21. The number of aryl methyl sites for hydroxylation is 1. The van der Waals surface area contributed by atoms with Crippen molar-refractivity contribution in [2.24, 2.45) is 5.73 Å². The topological polar surface area (TPSA) is 117 Å². The van der Waals surface area contributed by atoms with Gasteiger partial charge in [-0.1, -0.05) is 35.3 Å². The van der Waals surface area contributed by atoms with Gasteiger partial charge >= 0.3 is 12.0 Å². The molecule has 2 heterocycles. The number of nitrogens with zero attached hydrogens (tertiary/aromatic N) is 3. The Bertz CT molecular complexity index is 1220. The number of benzene rings is 2. The van der Waals surface area contributed by atoms with Crippen LogP contribution in [0.15, 0.2) is 36.4 Å². The molecule has 0 bridgehead atoms. The first kappa shape index (κ1) is 29.8. The summed E-state index contributed by atoms with van der Waals surface area (Å²) < 4.78 is 11.3. The molecule has 4 rings (SSSR count). The number of esters is 1. The predicted octanol–water partition coefficient (Wildman–Crippen LogP) is 3.81. The fourth-order valence-corrected chi connectivity index (χ4v) is 5.27. The maximum absolute atomic E-state index is 12.6. The highest BCUT2D eigenvalue weighted by atomic mass is 35.5. The summed E-state index contributed by atoms with van der Waals surface area (Å²) in [5.41, 5.74) is 7.68. The maximum Gasteiger partial charge on any atom is 0.330 e. The fraction of sp³-hybridized carbons (Fsp3) is 0.464. The molecule has 1 unspecified atom stereocenters. The minimum Gasteiger partial charge on any atom is -0.494 e. The molecule has 2 aromatic rings. The largest absolute Gasteiger partial charge is 0.494 e. The number of unbranched alkanes of at least 4 members (excludes halogenated alkanes) is 1. The third-order valence-corrected chi connectivity index (χ3v) is 7.90. The van der Waals surface area contributed by atoms with Crippen LogP contribution >= 0.6 is 23.2 Å². The van der Waals surface area contributed by atoms with Gasteiger partial charge < -0.3 is 25.4 Å². The number of nitrogens with two attached hydrogens (primary N) is 1. The van der Waals surface area contributed by atoms with E-state index in [9.17, 15) is 14.4 Å². The van der Waals surface area contributed by atoms with Gasteiger partial charge in [0.05, 0.1) is 28.0 Å². The molecule has 2 aliphatic rings. The molecule has 3 amide bonds. The number of amides is 3. The zero-order chi connectivity index (χ0) is 28.6. The van der Waals surface area contributed by atoms with Crippen molar-refractivity contribution in [3.8, 4) is 5.75 Å². The van der Waals surface area contributed by atoms with Crippen LogP contribution in [-0.2, 0) is 20.7 Å². The summed E-state index contributed by atoms with van der Waals surface area (Å²) >= 11 is 12.6. The molecular weight excluding hydrogens is 557 g/mol. The van der Waals surface area contributed by atoms with Gasteiger partial charge in [-0.05, 0) is 56.5 Å². The van der Waals surface area contributed by atoms with E-state index in [4.69, 9.17) is 38.4 Å². The van der Waals surface area contributed by atoms with Crippen molar-refractivity contribution < 1.29 is 23.9 Å². The number of fused-ring (bicyclic) bond motifs is 1. The molecule has 0 radical (unpaired) electrons. The van der Waals surface area contributed by atoms with Crippen LogP contribution in [0.2, 0.25) is 10.0 Å². The molecule has 12 heteroatoms. The molecule has 1 atom stereocenters. The number of ether oxygens (including phenoxy) is 2. The lowest BCUT2D eigenvalue weighted by Crippen LogP contribution is -2.46. The van der Waals surface area contributed by atoms with Gasteiger partial charge in [-0.3, -0.25) is 14.6 Å². The normalized spacial score (nSPS) is 16.3. The molecule has 1 saturated heterocycles. The Morgan fingerprint density at radius 3 is 2.58 bits per heavy atom. The number of urea groups is 1. The van der Waals surface area contributed by atoms with Crippen molar-refractivity contribution in [1.82, 2.24) is 10.2 Å². The van der Waals surface area contributed by atoms with E-state index in [1.165, 1.54) is 11.8 Å². The second-order valence-corrected chi connectivity index (χ2v) is 10.7. The van der Waals surface area contributed by atoms with E-state index in [0.29, 0.717) is 40.9 Å². The number of piperazine rings is 1. The van der Waals surface area contributed by atoms with Crippen LogP contribution in [0.5, 0.6) is 5.75 Å². The Morgan fingerprint density at radius 1 is 1.05 bits per heavy atom. The first-order valence-electron chi connectivity index (χ1n) is 13.4. The van der Waals surface area contributed by atoms with Gasteiger partial charge in [0.15, 0.2) is 6.73 Å². The standard InChI is InChI=1S/C28H35Cl2N5O5/c1-19(32-28(31)38)27(37)40-18-35-24-17-21(9-7-20(24)8-10-25(35)36)39-16-3-2-11-33-12-14-34(15-13-33)23-6-4-5-22(29)26(23)30/h4-7,9,17,19H,2-3,8,10-16,18H2,1H3,(H3,31,32,38). The SMILES string of the molecule is CC(NC(N)=O)C(=O)OCN1C(=O)CCc2ccc(OCCCCN3CCN(c4cccc(Cl)c4Cl)CC3)cc21. The van der Waals surface area contributed by atoms with E-state index in [0.717, 1.165) is 56.8 Å². The van der Waals surface area contributed by atoms with E-state index in [-0.39, 0.29) is 12.6 Å². The van der Waals surface area contributed by atoms with Crippen LogP contribution < -0.4 is 25.6 Å². The summed E-state index contributed by atoms with van der Waals surface area (Å²) in [5, 5.41) is 3.45. The van der Waals surface area contributed by atoms with Crippen LogP contribution in [0, 0.1) is 0 Å². The van der Waals surface area contributed by atoms with Crippen molar-refractivity contribution in [2.45, 2.75) is 38.6 Å². The van der Waals surface area contributed by atoms with Gasteiger partial charge in [0, 0.05) is 38.7 Å². The average Bonchev–Trinajstić information content (AvgIpc) is 2.93. The first-order valence-corrected chi connectivity index (χ1v) is 14.2. The molecule has 1 fully saturated rings. The Balaban J connectivity index is 1.21. The van der Waals surface area contributed by atoms with Crippen LogP contribution in [0.25, 0.3) is 0 Å². The predicted molar refractivity (Wildman–Crippen MR) is 155 cm³/mol. The quantitative estimate of drug-likeness (QED) is 0.301. The summed E-state index contributed by atoms with van der Waals surface area (Å²) in [4.78, 5) is 41.9. The van der Waals surface area contributed by atoms with Crippen LogP contribution in [0.1, 0.15) is 31.7 Å². The number of carbonyl (C=O) groups excluding carboxylic acids is 3. The molecule has 0 aromatic heterocycles. The van der Waals surface area contributed by atoms with Crippen molar-refractivity contribution >= 4 is 52.5 Å². The molecular formula is C28H35Cl2N5O5. The monoisotopic (exact) mass is 591 g/mol. The number of hydrogen-bond acceptors (Lipinski definition) is 7. The molecule has 10 nitrogen and oxygen atoms in total. The number of anilines is 2.